The van der Waals surface area contributed by atoms with Crippen molar-refractivity contribution in [3.63, 3.8) is 0 Å². The molecule has 1 N–H and O–H groups in total. The number of benzene rings is 1. The molecule has 0 radical (unpaired) electrons. The third-order valence-electron chi connectivity index (χ3n) is 5.23. The van der Waals surface area contributed by atoms with Gasteiger partial charge in [0, 0.05) is 28.7 Å². The van der Waals surface area contributed by atoms with E-state index in [1.165, 1.54) is 29.8 Å². The molecule has 4 rings (SSSR count). The molecule has 1 atom stereocenters. The summed E-state index contributed by atoms with van der Waals surface area (Å²) in [6.07, 6.45) is 0.532. The van der Waals surface area contributed by atoms with Crippen LogP contribution in [0.3, 0.4) is 0 Å². The van der Waals surface area contributed by atoms with Gasteiger partial charge < -0.3 is 10.1 Å². The smallest absolute Gasteiger partial charge is 0.416 e. The average Bonchev–Trinajstić information content (AvgIpc) is 3.37. The Hall–Kier alpha value is -3.47. The Bertz CT molecular complexity index is 1300. The van der Waals surface area contributed by atoms with Gasteiger partial charge in [0.1, 0.15) is 23.3 Å². The van der Waals surface area contributed by atoms with Crippen LogP contribution in [-0.4, -0.2) is 32.5 Å². The third-order valence-corrected chi connectivity index (χ3v) is 6.37. The molecule has 0 spiro atoms. The van der Waals surface area contributed by atoms with Crippen LogP contribution in [0.15, 0.2) is 43.0 Å². The molecule has 1 aromatic carbocycles. The number of ether oxygens (including phenoxy) is 1. The largest absolute Gasteiger partial charge is 0.495 e. The summed E-state index contributed by atoms with van der Waals surface area (Å²) in [6.45, 7) is 3.76. The van der Waals surface area contributed by atoms with Crippen LogP contribution in [0.25, 0.3) is 5.52 Å². The Labute approximate surface area is 191 Å². The molecule has 0 amide bonds. The summed E-state index contributed by atoms with van der Waals surface area (Å²) in [5.41, 5.74) is 1.50. The number of alkyl halides is 3. The SMILES string of the molecule is COc1cn2ncnc(C(=O)CC(C)c3cnc(Nc4ccc(C(F)(F)F)cc4)s3)c2c1C. The zero-order valence-corrected chi connectivity index (χ0v) is 18.8. The highest BCUT2D eigenvalue weighted by molar-refractivity contribution is 7.15. The maximum atomic E-state index is 13.0. The fourth-order valence-electron chi connectivity index (χ4n) is 3.46. The molecular weight excluding hydrogens is 455 g/mol. The van der Waals surface area contributed by atoms with Crippen molar-refractivity contribution in [1.82, 2.24) is 19.6 Å². The fraction of sp³-hybridized carbons (Fsp3) is 0.273. The number of carbonyl (C=O) groups excluding carboxylic acids is 1. The van der Waals surface area contributed by atoms with Crippen molar-refractivity contribution >= 4 is 33.5 Å². The van der Waals surface area contributed by atoms with E-state index in [0.29, 0.717) is 27.8 Å². The first-order valence-electron chi connectivity index (χ1n) is 9.97. The number of fused-ring (bicyclic) bond motifs is 1. The number of nitrogens with one attached hydrogen (secondary N) is 1. The fourth-order valence-corrected chi connectivity index (χ4v) is 4.35. The molecule has 1 unspecified atom stereocenters. The minimum atomic E-state index is -4.38. The van der Waals surface area contributed by atoms with E-state index < -0.39 is 11.7 Å². The second-order valence-corrected chi connectivity index (χ2v) is 8.58. The normalized spacial score (nSPS) is 12.7. The number of anilines is 2. The highest BCUT2D eigenvalue weighted by Crippen LogP contribution is 2.33. The zero-order valence-electron chi connectivity index (χ0n) is 18.0. The van der Waals surface area contributed by atoms with Gasteiger partial charge in [-0.15, -0.1) is 11.3 Å². The molecule has 7 nitrogen and oxygen atoms in total. The standard InChI is InChI=1S/C22H20F3N5O2S/c1-12(8-16(31)19-20-13(2)17(32-3)10-30(20)28-11-27-19)18-9-26-21(33-18)29-15-6-4-14(5-7-15)22(23,24)25/h4-7,9-12H,8H2,1-3H3,(H,26,29). The average molecular weight is 475 g/mol. The molecule has 0 aliphatic rings. The number of Topliss-reactive ketones (excluding diaryl/α,β-unsaturated/α-hetero) is 1. The lowest BCUT2D eigenvalue weighted by Gasteiger charge is -2.09. The van der Waals surface area contributed by atoms with Crippen LogP contribution < -0.4 is 10.1 Å². The molecule has 0 aliphatic carbocycles. The molecule has 11 heteroatoms. The van der Waals surface area contributed by atoms with Crippen molar-refractivity contribution in [2.75, 3.05) is 12.4 Å². The first-order chi connectivity index (χ1) is 15.7. The Morgan fingerprint density at radius 2 is 1.97 bits per heavy atom. The van der Waals surface area contributed by atoms with Crippen molar-refractivity contribution in [3.05, 3.63) is 64.7 Å². The molecular formula is C22H20F3N5O2S. The van der Waals surface area contributed by atoms with Crippen LogP contribution in [-0.2, 0) is 6.18 Å². The number of ketones is 1. The van der Waals surface area contributed by atoms with Gasteiger partial charge in [-0.05, 0) is 37.1 Å². The Balaban J connectivity index is 1.47. The summed E-state index contributed by atoms with van der Waals surface area (Å²) in [4.78, 5) is 22.4. The number of thiazole rings is 1. The van der Waals surface area contributed by atoms with Crippen LogP contribution in [0.1, 0.15) is 45.8 Å². The number of aryl methyl sites for hydroxylation is 1. The lowest BCUT2D eigenvalue weighted by molar-refractivity contribution is -0.137. The van der Waals surface area contributed by atoms with Gasteiger partial charge in [-0.1, -0.05) is 6.92 Å². The van der Waals surface area contributed by atoms with E-state index >= 15 is 0 Å². The minimum Gasteiger partial charge on any atom is -0.495 e. The topological polar surface area (TPSA) is 81.4 Å². The molecule has 0 saturated carbocycles. The minimum absolute atomic E-state index is 0.134. The van der Waals surface area contributed by atoms with Gasteiger partial charge in [0.2, 0.25) is 0 Å². The number of rotatable bonds is 7. The number of methoxy groups -OCH3 is 1. The summed E-state index contributed by atoms with van der Waals surface area (Å²) < 4.78 is 45.1. The predicted octanol–water partition coefficient (Wildman–Crippen LogP) is 5.64. The predicted molar refractivity (Wildman–Crippen MR) is 118 cm³/mol. The molecule has 3 heterocycles. The quantitative estimate of drug-likeness (QED) is 0.348. The van der Waals surface area contributed by atoms with Crippen molar-refractivity contribution in [2.24, 2.45) is 0 Å². The molecule has 0 aliphatic heterocycles. The second-order valence-electron chi connectivity index (χ2n) is 7.52. The van der Waals surface area contributed by atoms with Crippen LogP contribution >= 0.6 is 11.3 Å². The van der Waals surface area contributed by atoms with E-state index in [4.69, 9.17) is 4.74 Å². The van der Waals surface area contributed by atoms with E-state index in [2.05, 4.69) is 20.4 Å². The number of nitrogens with zero attached hydrogens (tertiary/aromatic N) is 4. The molecule has 3 aromatic heterocycles. The summed E-state index contributed by atoms with van der Waals surface area (Å²) >= 11 is 1.34. The van der Waals surface area contributed by atoms with E-state index in [1.807, 2.05) is 13.8 Å². The highest BCUT2D eigenvalue weighted by atomic mass is 32.1. The Kier molecular flexibility index (Phi) is 6.07. The van der Waals surface area contributed by atoms with Crippen LogP contribution in [0.5, 0.6) is 5.75 Å². The van der Waals surface area contributed by atoms with Gasteiger partial charge >= 0.3 is 6.18 Å². The number of hydrogen-bond acceptors (Lipinski definition) is 7. The van der Waals surface area contributed by atoms with Gasteiger partial charge in [-0.2, -0.15) is 18.3 Å². The van der Waals surface area contributed by atoms with Gasteiger partial charge in [0.15, 0.2) is 10.9 Å². The molecule has 172 valence electrons. The molecule has 4 aromatic rings. The monoisotopic (exact) mass is 475 g/mol. The second kappa shape index (κ2) is 8.81. The number of aromatic nitrogens is 4. The van der Waals surface area contributed by atoms with E-state index in [-0.39, 0.29) is 18.1 Å². The van der Waals surface area contributed by atoms with Crippen LogP contribution in [0, 0.1) is 6.92 Å². The van der Waals surface area contributed by atoms with Crippen LogP contribution in [0.2, 0.25) is 0 Å². The van der Waals surface area contributed by atoms with Gasteiger partial charge in [-0.25, -0.2) is 14.5 Å². The van der Waals surface area contributed by atoms with Crippen molar-refractivity contribution in [3.8, 4) is 5.75 Å². The number of halogens is 3. The first kappa shape index (κ1) is 22.7. The molecule has 0 bridgehead atoms. The summed E-state index contributed by atoms with van der Waals surface area (Å²) in [7, 11) is 1.55. The summed E-state index contributed by atoms with van der Waals surface area (Å²) in [5.74, 6) is 0.355. The van der Waals surface area contributed by atoms with Gasteiger partial charge in [-0.3, -0.25) is 4.79 Å². The molecule has 0 saturated heterocycles. The summed E-state index contributed by atoms with van der Waals surface area (Å²) in [6, 6.07) is 4.73. The van der Waals surface area contributed by atoms with Crippen LogP contribution in [0.4, 0.5) is 24.0 Å². The highest BCUT2D eigenvalue weighted by Gasteiger charge is 2.30. The van der Waals surface area contributed by atoms with Gasteiger partial charge in [0.25, 0.3) is 0 Å². The molecule has 0 fully saturated rings. The number of carbonyl (C=O) groups is 1. The Morgan fingerprint density at radius 3 is 2.64 bits per heavy atom. The van der Waals surface area contributed by atoms with Gasteiger partial charge in [0.05, 0.1) is 18.9 Å². The van der Waals surface area contributed by atoms with Crippen molar-refractivity contribution in [1.29, 1.82) is 0 Å². The van der Waals surface area contributed by atoms with E-state index in [9.17, 15) is 18.0 Å². The third kappa shape index (κ3) is 4.68. The molecule has 33 heavy (non-hydrogen) atoms. The summed E-state index contributed by atoms with van der Waals surface area (Å²) in [5, 5.41) is 7.68. The lowest BCUT2D eigenvalue weighted by Crippen LogP contribution is -2.09. The van der Waals surface area contributed by atoms with Crippen molar-refractivity contribution in [2.45, 2.75) is 32.4 Å². The maximum Gasteiger partial charge on any atom is 0.416 e. The maximum absolute atomic E-state index is 13.0. The first-order valence-corrected chi connectivity index (χ1v) is 10.8. The lowest BCUT2D eigenvalue weighted by atomic mass is 10.0. The van der Waals surface area contributed by atoms with Crippen molar-refractivity contribution < 1.29 is 22.7 Å². The Morgan fingerprint density at radius 1 is 1.24 bits per heavy atom. The number of hydrogen-bond donors (Lipinski definition) is 1. The van der Waals surface area contributed by atoms with E-state index in [0.717, 1.165) is 22.6 Å². The van der Waals surface area contributed by atoms with E-state index in [1.54, 1.807) is 24.0 Å². The zero-order chi connectivity index (χ0) is 23.8.